The molecule has 0 aromatic carbocycles. The van der Waals surface area contributed by atoms with Crippen LogP contribution < -0.4 is 16.6 Å². The number of nitrogens with two attached hydrogens (primary N) is 1. The Morgan fingerprint density at radius 3 is 2.75 bits per heavy atom. The fourth-order valence-electron chi connectivity index (χ4n) is 1.86. The highest BCUT2D eigenvalue weighted by Crippen LogP contribution is 2.16. The normalized spacial score (nSPS) is 21.4. The third kappa shape index (κ3) is 2.79. The monoisotopic (exact) mass is 227 g/mol. The van der Waals surface area contributed by atoms with Crippen LogP contribution in [0.2, 0.25) is 0 Å². The van der Waals surface area contributed by atoms with Crippen LogP contribution in [-0.2, 0) is 14.4 Å². The van der Waals surface area contributed by atoms with Crippen molar-refractivity contribution in [3.05, 3.63) is 0 Å². The summed E-state index contributed by atoms with van der Waals surface area (Å²) in [6, 6.07) is -0.527. The van der Waals surface area contributed by atoms with Crippen LogP contribution in [0.5, 0.6) is 0 Å². The number of rotatable bonds is 5. The lowest BCUT2D eigenvalue weighted by molar-refractivity contribution is -0.136. The molecule has 1 rings (SSSR count). The van der Waals surface area contributed by atoms with Gasteiger partial charge in [-0.1, -0.05) is 13.3 Å². The van der Waals surface area contributed by atoms with Crippen LogP contribution >= 0.6 is 0 Å². The Morgan fingerprint density at radius 1 is 1.62 bits per heavy atom. The molecule has 0 aliphatic carbocycles. The van der Waals surface area contributed by atoms with Gasteiger partial charge in [-0.25, -0.2) is 5.84 Å². The van der Waals surface area contributed by atoms with Crippen molar-refractivity contribution >= 4 is 17.6 Å². The van der Waals surface area contributed by atoms with E-state index in [0.29, 0.717) is 25.7 Å². The highest BCUT2D eigenvalue weighted by atomic mass is 16.2. The maximum absolute atomic E-state index is 12.0. The van der Waals surface area contributed by atoms with Crippen LogP contribution in [0.15, 0.2) is 0 Å². The lowest BCUT2D eigenvalue weighted by Crippen LogP contribution is -2.45. The fourth-order valence-corrected chi connectivity index (χ4v) is 1.86. The molecular formula is C10H17N3O3. The van der Waals surface area contributed by atoms with Crippen molar-refractivity contribution in [1.82, 2.24) is 10.7 Å². The number of amides is 2. The summed E-state index contributed by atoms with van der Waals surface area (Å²) in [5.41, 5.74) is 1.99. The molecule has 0 radical (unpaired) electrons. The molecule has 0 bridgehead atoms. The van der Waals surface area contributed by atoms with Gasteiger partial charge in [0.15, 0.2) is 5.78 Å². The Balaban J connectivity index is 2.67. The summed E-state index contributed by atoms with van der Waals surface area (Å²) in [6.45, 7) is 1.89. The van der Waals surface area contributed by atoms with E-state index in [1.165, 1.54) is 0 Å². The first-order valence-electron chi connectivity index (χ1n) is 5.43. The Kier molecular flexibility index (Phi) is 4.42. The zero-order chi connectivity index (χ0) is 12.1. The molecule has 2 atom stereocenters. The molecule has 1 heterocycles. The molecule has 0 aromatic rings. The Bertz CT molecular complexity index is 304. The zero-order valence-electron chi connectivity index (χ0n) is 9.29. The molecule has 0 saturated carbocycles. The molecule has 4 N–H and O–H groups in total. The summed E-state index contributed by atoms with van der Waals surface area (Å²) < 4.78 is 0. The molecule has 6 nitrogen and oxygen atoms in total. The highest BCUT2D eigenvalue weighted by molar-refractivity contribution is 6.05. The van der Waals surface area contributed by atoms with E-state index >= 15 is 0 Å². The zero-order valence-corrected chi connectivity index (χ0v) is 9.29. The van der Waals surface area contributed by atoms with Crippen molar-refractivity contribution in [1.29, 1.82) is 0 Å². The molecule has 0 aromatic heterocycles. The number of hydrazine groups is 1. The van der Waals surface area contributed by atoms with Gasteiger partial charge in [0.2, 0.25) is 11.8 Å². The Hall–Kier alpha value is -1.43. The molecule has 1 fully saturated rings. The molecule has 1 saturated heterocycles. The smallest absolute Gasteiger partial charge is 0.244 e. The average Bonchev–Trinajstić information content (AvgIpc) is 2.71. The minimum absolute atomic E-state index is 0.137. The second-order valence-electron chi connectivity index (χ2n) is 3.91. The maximum Gasteiger partial charge on any atom is 0.244 e. The van der Waals surface area contributed by atoms with Gasteiger partial charge in [-0.15, -0.1) is 0 Å². The second-order valence-corrected chi connectivity index (χ2v) is 3.91. The molecule has 2 amide bonds. The predicted octanol–water partition coefficient (Wildman–Crippen LogP) is -0.760. The summed E-state index contributed by atoms with van der Waals surface area (Å²) in [5, 5.41) is 2.56. The van der Waals surface area contributed by atoms with Gasteiger partial charge in [0.1, 0.15) is 0 Å². The summed E-state index contributed by atoms with van der Waals surface area (Å²) in [4.78, 5) is 34.4. The molecule has 16 heavy (non-hydrogen) atoms. The van der Waals surface area contributed by atoms with Crippen LogP contribution in [0.3, 0.4) is 0 Å². The third-order valence-electron chi connectivity index (χ3n) is 2.72. The van der Waals surface area contributed by atoms with Crippen LogP contribution in [0.1, 0.15) is 32.6 Å². The summed E-state index contributed by atoms with van der Waals surface area (Å²) >= 11 is 0. The van der Waals surface area contributed by atoms with Crippen molar-refractivity contribution < 1.29 is 14.4 Å². The van der Waals surface area contributed by atoms with Gasteiger partial charge in [0.25, 0.3) is 0 Å². The topological polar surface area (TPSA) is 101 Å². The van der Waals surface area contributed by atoms with Gasteiger partial charge < -0.3 is 5.32 Å². The number of carbonyl (C=O) groups excluding carboxylic acids is 3. The number of hydrogen-bond donors (Lipinski definition) is 3. The first-order valence-corrected chi connectivity index (χ1v) is 5.43. The molecule has 90 valence electrons. The van der Waals surface area contributed by atoms with Crippen molar-refractivity contribution in [2.24, 2.45) is 11.8 Å². The second kappa shape index (κ2) is 5.60. The van der Waals surface area contributed by atoms with E-state index in [1.807, 2.05) is 12.3 Å². The van der Waals surface area contributed by atoms with E-state index in [-0.39, 0.29) is 11.7 Å². The maximum atomic E-state index is 12.0. The van der Waals surface area contributed by atoms with Gasteiger partial charge in [-0.3, -0.25) is 19.8 Å². The molecule has 1 unspecified atom stereocenters. The summed E-state index contributed by atoms with van der Waals surface area (Å²) in [7, 11) is 0. The first kappa shape index (κ1) is 12.6. The van der Waals surface area contributed by atoms with Gasteiger partial charge in [-0.05, 0) is 12.8 Å². The van der Waals surface area contributed by atoms with E-state index in [4.69, 9.17) is 5.84 Å². The van der Waals surface area contributed by atoms with Gasteiger partial charge >= 0.3 is 0 Å². The van der Waals surface area contributed by atoms with Gasteiger partial charge in [-0.2, -0.15) is 0 Å². The van der Waals surface area contributed by atoms with Gasteiger partial charge in [0.05, 0.1) is 12.0 Å². The fraction of sp³-hybridized carbons (Fsp3) is 0.700. The van der Waals surface area contributed by atoms with Crippen molar-refractivity contribution in [3.63, 3.8) is 0 Å². The van der Waals surface area contributed by atoms with Crippen LogP contribution in [0.25, 0.3) is 0 Å². The Labute approximate surface area is 93.9 Å². The number of carbonyl (C=O) groups is 3. The van der Waals surface area contributed by atoms with Crippen molar-refractivity contribution in [2.75, 3.05) is 0 Å². The SMILES string of the molecule is CCCC(C(=O)NN)C(=O)[C@@H]1CCC(=O)N1. The van der Waals surface area contributed by atoms with Gasteiger partial charge in [0, 0.05) is 6.42 Å². The Morgan fingerprint density at radius 2 is 2.31 bits per heavy atom. The quantitative estimate of drug-likeness (QED) is 0.249. The van der Waals surface area contributed by atoms with E-state index in [0.717, 1.165) is 0 Å². The molecule has 6 heteroatoms. The standard InChI is InChI=1S/C10H17N3O3/c1-2-3-6(10(16)13-11)9(15)7-4-5-8(14)12-7/h6-7H,2-5,11H2,1H3,(H,12,14)(H,13,16)/t6?,7-/m0/s1. The largest absolute Gasteiger partial charge is 0.346 e. The molecule has 1 aliphatic heterocycles. The minimum Gasteiger partial charge on any atom is -0.346 e. The first-order chi connectivity index (χ1) is 7.60. The van der Waals surface area contributed by atoms with E-state index in [2.05, 4.69) is 5.32 Å². The van der Waals surface area contributed by atoms with E-state index in [1.54, 1.807) is 0 Å². The highest BCUT2D eigenvalue weighted by Gasteiger charge is 2.35. The third-order valence-corrected chi connectivity index (χ3v) is 2.72. The van der Waals surface area contributed by atoms with Crippen molar-refractivity contribution in [3.8, 4) is 0 Å². The van der Waals surface area contributed by atoms with Crippen molar-refractivity contribution in [2.45, 2.75) is 38.6 Å². The number of ketones is 1. The van der Waals surface area contributed by atoms with Crippen LogP contribution in [-0.4, -0.2) is 23.6 Å². The molecular weight excluding hydrogens is 210 g/mol. The number of Topliss-reactive ketones (excluding diaryl/α,β-unsaturated/α-hetero) is 1. The summed E-state index contributed by atoms with van der Waals surface area (Å²) in [5.74, 6) is 3.42. The lowest BCUT2D eigenvalue weighted by Gasteiger charge is -2.17. The average molecular weight is 227 g/mol. The van der Waals surface area contributed by atoms with E-state index < -0.39 is 17.9 Å². The van der Waals surface area contributed by atoms with Crippen LogP contribution in [0.4, 0.5) is 0 Å². The number of nitrogens with one attached hydrogen (secondary N) is 2. The minimum atomic E-state index is -0.751. The van der Waals surface area contributed by atoms with Crippen LogP contribution in [0, 0.1) is 5.92 Å². The molecule has 0 spiro atoms. The predicted molar refractivity (Wildman–Crippen MR) is 56.9 cm³/mol. The number of hydrogen-bond acceptors (Lipinski definition) is 4. The molecule has 1 aliphatic rings. The van der Waals surface area contributed by atoms with E-state index in [9.17, 15) is 14.4 Å². The summed E-state index contributed by atoms with van der Waals surface area (Å²) in [6.07, 6.45) is 1.98. The lowest BCUT2D eigenvalue weighted by atomic mass is 9.92.